The smallest absolute Gasteiger partial charge is 0.303 e. The highest BCUT2D eigenvalue weighted by atomic mass is 35.5. The first-order valence-electron chi connectivity index (χ1n) is 11.6. The van der Waals surface area contributed by atoms with Crippen LogP contribution in [0.15, 0.2) is 18.2 Å². The lowest BCUT2D eigenvalue weighted by Crippen LogP contribution is -2.30. The fourth-order valence-corrected chi connectivity index (χ4v) is 4.57. The van der Waals surface area contributed by atoms with Gasteiger partial charge in [-0.2, -0.15) is 0 Å². The number of fused-ring (bicyclic) bond motifs is 1. The molecule has 1 aromatic heterocycles. The van der Waals surface area contributed by atoms with Crippen LogP contribution in [0.3, 0.4) is 0 Å². The van der Waals surface area contributed by atoms with E-state index in [2.05, 4.69) is 18.4 Å². The number of halogens is 1. The molecule has 2 aromatic rings. The maximum absolute atomic E-state index is 12.5. The molecule has 0 aliphatic carbocycles. The average Bonchev–Trinajstić information content (AvgIpc) is 2.98. The van der Waals surface area contributed by atoms with Crippen LogP contribution < -0.4 is 4.90 Å². The van der Waals surface area contributed by atoms with Crippen LogP contribution in [0, 0.1) is 6.92 Å². The summed E-state index contributed by atoms with van der Waals surface area (Å²) < 4.78 is 2.24. The van der Waals surface area contributed by atoms with Gasteiger partial charge in [0.05, 0.1) is 11.2 Å². The van der Waals surface area contributed by atoms with Crippen LogP contribution in [-0.4, -0.2) is 28.1 Å². The second-order valence-electron chi connectivity index (χ2n) is 8.34. The summed E-state index contributed by atoms with van der Waals surface area (Å²) in [6.45, 7) is 7.42. The standard InChI is InChI=1S/C25H37ClN2O3/c1-4-27-19(2)25(22-18-21(26)15-16-23(22)27)28(20(3)29)17-13-11-9-7-5-6-8-10-12-14-24(30)31/h15-16,18H,4-14,17H2,1-3H3,(H,30,31). The third kappa shape index (κ3) is 7.27. The number of carboxylic acids is 1. The zero-order chi connectivity index (χ0) is 22.8. The molecular formula is C25H37ClN2O3. The van der Waals surface area contributed by atoms with E-state index in [9.17, 15) is 9.59 Å². The third-order valence-corrected chi connectivity index (χ3v) is 6.23. The normalized spacial score (nSPS) is 11.2. The summed E-state index contributed by atoms with van der Waals surface area (Å²) in [5.41, 5.74) is 3.22. The van der Waals surface area contributed by atoms with Crippen molar-refractivity contribution in [2.24, 2.45) is 0 Å². The van der Waals surface area contributed by atoms with E-state index < -0.39 is 5.97 Å². The fraction of sp³-hybridized carbons (Fsp3) is 0.600. The van der Waals surface area contributed by atoms with Crippen LogP contribution in [0.2, 0.25) is 5.02 Å². The van der Waals surface area contributed by atoms with Gasteiger partial charge in [-0.25, -0.2) is 0 Å². The first-order valence-corrected chi connectivity index (χ1v) is 12.0. The average molecular weight is 449 g/mol. The van der Waals surface area contributed by atoms with Crippen LogP contribution in [0.25, 0.3) is 10.9 Å². The van der Waals surface area contributed by atoms with Crippen LogP contribution in [0.5, 0.6) is 0 Å². The Hall–Kier alpha value is -2.01. The molecule has 1 aromatic carbocycles. The summed E-state index contributed by atoms with van der Waals surface area (Å²) in [5, 5.41) is 10.4. The second kappa shape index (κ2) is 12.7. The molecule has 0 saturated carbocycles. The minimum Gasteiger partial charge on any atom is -0.481 e. The van der Waals surface area contributed by atoms with E-state index in [0.29, 0.717) is 5.02 Å². The third-order valence-electron chi connectivity index (χ3n) is 5.99. The summed E-state index contributed by atoms with van der Waals surface area (Å²) in [6.07, 6.45) is 10.0. The van der Waals surface area contributed by atoms with E-state index >= 15 is 0 Å². The molecule has 0 aliphatic heterocycles. The molecule has 1 heterocycles. The molecule has 0 atom stereocenters. The lowest BCUT2D eigenvalue weighted by molar-refractivity contribution is -0.137. The Morgan fingerprint density at radius 2 is 1.58 bits per heavy atom. The Kier molecular flexibility index (Phi) is 10.4. The van der Waals surface area contributed by atoms with Gasteiger partial charge in [0, 0.05) is 42.5 Å². The monoisotopic (exact) mass is 448 g/mol. The van der Waals surface area contributed by atoms with Crippen molar-refractivity contribution in [1.82, 2.24) is 4.57 Å². The lowest BCUT2D eigenvalue weighted by Gasteiger charge is -2.22. The van der Waals surface area contributed by atoms with Gasteiger partial charge in [0.15, 0.2) is 0 Å². The summed E-state index contributed by atoms with van der Waals surface area (Å²) in [6, 6.07) is 5.92. The number of anilines is 1. The zero-order valence-corrected chi connectivity index (χ0v) is 20.0. The number of carbonyl (C=O) groups is 2. The van der Waals surface area contributed by atoms with Gasteiger partial charge in [-0.15, -0.1) is 0 Å². The molecule has 5 nitrogen and oxygen atoms in total. The van der Waals surface area contributed by atoms with E-state index in [-0.39, 0.29) is 12.3 Å². The highest BCUT2D eigenvalue weighted by Gasteiger charge is 2.21. The largest absolute Gasteiger partial charge is 0.481 e. The van der Waals surface area contributed by atoms with Crippen molar-refractivity contribution in [3.8, 4) is 0 Å². The number of unbranched alkanes of at least 4 members (excludes halogenated alkanes) is 8. The summed E-state index contributed by atoms with van der Waals surface area (Å²) in [4.78, 5) is 24.9. The Labute approximate surface area is 191 Å². The zero-order valence-electron chi connectivity index (χ0n) is 19.3. The van der Waals surface area contributed by atoms with E-state index in [1.807, 2.05) is 23.1 Å². The SMILES string of the molecule is CCn1c(C)c(N(CCCCCCCCCCCC(=O)O)C(C)=O)c2cc(Cl)ccc21. The van der Waals surface area contributed by atoms with Crippen molar-refractivity contribution in [3.63, 3.8) is 0 Å². The summed E-state index contributed by atoms with van der Waals surface area (Å²) >= 11 is 6.27. The van der Waals surface area contributed by atoms with Crippen LogP contribution in [-0.2, 0) is 16.1 Å². The maximum atomic E-state index is 12.5. The number of benzene rings is 1. The fourth-order valence-electron chi connectivity index (χ4n) is 4.40. The van der Waals surface area contributed by atoms with E-state index in [1.165, 1.54) is 25.7 Å². The first kappa shape index (κ1) is 25.3. The molecule has 1 amide bonds. The minimum absolute atomic E-state index is 0.0691. The van der Waals surface area contributed by atoms with Gasteiger partial charge in [-0.05, 0) is 44.9 Å². The van der Waals surface area contributed by atoms with Gasteiger partial charge in [0.25, 0.3) is 0 Å². The predicted molar refractivity (Wildman–Crippen MR) is 129 cm³/mol. The van der Waals surface area contributed by atoms with E-state index in [0.717, 1.165) is 67.5 Å². The minimum atomic E-state index is -0.697. The number of hydrogen-bond acceptors (Lipinski definition) is 2. The first-order chi connectivity index (χ1) is 14.9. The second-order valence-corrected chi connectivity index (χ2v) is 8.77. The Morgan fingerprint density at radius 3 is 2.13 bits per heavy atom. The molecule has 0 radical (unpaired) electrons. The molecule has 172 valence electrons. The highest BCUT2D eigenvalue weighted by Crippen LogP contribution is 2.35. The number of nitrogens with zero attached hydrogens (tertiary/aromatic N) is 2. The molecular weight excluding hydrogens is 412 g/mol. The molecule has 0 fully saturated rings. The Bertz CT molecular complexity index is 875. The molecule has 2 rings (SSSR count). The van der Waals surface area contributed by atoms with Gasteiger partial charge < -0.3 is 14.6 Å². The topological polar surface area (TPSA) is 62.5 Å². The Balaban J connectivity index is 1.84. The quantitative estimate of drug-likeness (QED) is 0.317. The van der Waals surface area contributed by atoms with Crippen LogP contribution in [0.4, 0.5) is 5.69 Å². The molecule has 0 unspecified atom stereocenters. The van der Waals surface area contributed by atoms with Crippen molar-refractivity contribution in [1.29, 1.82) is 0 Å². The number of carbonyl (C=O) groups excluding carboxylic acids is 1. The molecule has 6 heteroatoms. The van der Waals surface area contributed by atoms with Crippen molar-refractivity contribution in [3.05, 3.63) is 28.9 Å². The van der Waals surface area contributed by atoms with Crippen molar-refractivity contribution in [2.75, 3.05) is 11.4 Å². The molecule has 0 saturated heterocycles. The molecule has 31 heavy (non-hydrogen) atoms. The maximum Gasteiger partial charge on any atom is 0.303 e. The number of aromatic nitrogens is 1. The number of carboxylic acid groups (broad SMARTS) is 1. The van der Waals surface area contributed by atoms with Crippen molar-refractivity contribution >= 4 is 40.1 Å². The van der Waals surface area contributed by atoms with E-state index in [4.69, 9.17) is 16.7 Å². The predicted octanol–water partition coefficient (Wildman–Crippen LogP) is 6.96. The van der Waals surface area contributed by atoms with Crippen LogP contribution in [0.1, 0.15) is 83.7 Å². The molecule has 0 spiro atoms. The number of aryl methyl sites for hydroxylation is 1. The summed E-state index contributed by atoms with van der Waals surface area (Å²) in [5.74, 6) is -0.628. The number of amides is 1. The van der Waals surface area contributed by atoms with Gasteiger partial charge in [-0.3, -0.25) is 9.59 Å². The number of hydrogen-bond donors (Lipinski definition) is 1. The number of rotatable bonds is 14. The van der Waals surface area contributed by atoms with Gasteiger partial charge in [-0.1, -0.05) is 56.5 Å². The van der Waals surface area contributed by atoms with Gasteiger partial charge in [0.2, 0.25) is 5.91 Å². The molecule has 0 bridgehead atoms. The van der Waals surface area contributed by atoms with E-state index in [1.54, 1.807) is 6.92 Å². The van der Waals surface area contributed by atoms with Crippen LogP contribution >= 0.6 is 11.6 Å². The van der Waals surface area contributed by atoms with Gasteiger partial charge >= 0.3 is 5.97 Å². The number of aliphatic carboxylic acids is 1. The molecule has 1 N–H and O–H groups in total. The Morgan fingerprint density at radius 1 is 1.00 bits per heavy atom. The summed E-state index contributed by atoms with van der Waals surface area (Å²) in [7, 11) is 0. The lowest BCUT2D eigenvalue weighted by atomic mass is 10.1. The highest BCUT2D eigenvalue weighted by molar-refractivity contribution is 6.31. The van der Waals surface area contributed by atoms with Crippen molar-refractivity contribution < 1.29 is 14.7 Å². The van der Waals surface area contributed by atoms with Crippen molar-refractivity contribution in [2.45, 2.75) is 91.5 Å². The van der Waals surface area contributed by atoms with Gasteiger partial charge in [0.1, 0.15) is 0 Å². The molecule has 0 aliphatic rings.